The minimum Gasteiger partial charge on any atom is -0.497 e. The minimum absolute atomic E-state index is 0.168. The van der Waals surface area contributed by atoms with Gasteiger partial charge in [0.2, 0.25) is 0 Å². The topological polar surface area (TPSA) is 78.6 Å². The highest BCUT2D eigenvalue weighted by Crippen LogP contribution is 2.64. The molecule has 144 valence electrons. The molecule has 0 saturated heterocycles. The van der Waals surface area contributed by atoms with E-state index < -0.39 is 20.5 Å². The minimum atomic E-state index is -3.64. The van der Waals surface area contributed by atoms with Crippen LogP contribution in [-0.4, -0.2) is 39.0 Å². The van der Waals surface area contributed by atoms with Gasteiger partial charge in [0.15, 0.2) is 9.84 Å². The fourth-order valence-electron chi connectivity index (χ4n) is 3.71. The number of benzene rings is 2. The predicted octanol–water partition coefficient (Wildman–Crippen LogP) is 2.94. The van der Waals surface area contributed by atoms with E-state index in [4.69, 9.17) is 27.4 Å². The van der Waals surface area contributed by atoms with Crippen molar-refractivity contribution in [3.8, 4) is 5.75 Å². The normalized spacial score (nSPS) is 24.4. The SMILES string of the molecule is CCOC[C@]1(C(N)=S)[C@H](c2ccc(OC)cc2)[C@H]1S(=O)(=O)c1ccccc1. The number of thiocarbonyl (C=S) groups is 1. The van der Waals surface area contributed by atoms with Crippen molar-refractivity contribution >= 4 is 27.0 Å². The van der Waals surface area contributed by atoms with Crippen LogP contribution in [-0.2, 0) is 14.6 Å². The van der Waals surface area contributed by atoms with Crippen LogP contribution in [0, 0.1) is 5.41 Å². The zero-order valence-electron chi connectivity index (χ0n) is 15.3. The van der Waals surface area contributed by atoms with Gasteiger partial charge in [0.25, 0.3) is 0 Å². The standard InChI is InChI=1S/C20H23NO4S2/c1-3-25-13-20(19(21)26)17(14-9-11-15(24-2)12-10-14)18(20)27(22,23)16-7-5-4-6-8-16/h4-12,17-18H,3,13H2,1-2H3,(H2,21,26)/t17-,18-,20+/m1/s1. The Bertz CT molecular complexity index is 913. The van der Waals surface area contributed by atoms with Crippen LogP contribution in [0.2, 0.25) is 0 Å². The predicted molar refractivity (Wildman–Crippen MR) is 109 cm³/mol. The van der Waals surface area contributed by atoms with Crippen molar-refractivity contribution in [3.05, 3.63) is 60.2 Å². The average molecular weight is 406 g/mol. The van der Waals surface area contributed by atoms with Crippen molar-refractivity contribution in [1.29, 1.82) is 0 Å². The molecule has 0 bridgehead atoms. The van der Waals surface area contributed by atoms with E-state index in [9.17, 15) is 8.42 Å². The first kappa shape index (κ1) is 19.8. The van der Waals surface area contributed by atoms with Crippen molar-refractivity contribution < 1.29 is 17.9 Å². The fourth-order valence-corrected chi connectivity index (χ4v) is 6.50. The first-order chi connectivity index (χ1) is 12.9. The van der Waals surface area contributed by atoms with Gasteiger partial charge in [0.05, 0.1) is 34.3 Å². The van der Waals surface area contributed by atoms with Crippen LogP contribution in [0.1, 0.15) is 18.4 Å². The number of nitrogens with two attached hydrogens (primary N) is 1. The second-order valence-electron chi connectivity index (χ2n) is 6.57. The van der Waals surface area contributed by atoms with Crippen molar-refractivity contribution in [2.24, 2.45) is 11.1 Å². The van der Waals surface area contributed by atoms with Crippen LogP contribution in [0.3, 0.4) is 0 Å². The van der Waals surface area contributed by atoms with Gasteiger partial charge in [-0.25, -0.2) is 8.42 Å². The van der Waals surface area contributed by atoms with E-state index in [1.54, 1.807) is 37.4 Å². The van der Waals surface area contributed by atoms with Crippen LogP contribution < -0.4 is 10.5 Å². The molecule has 2 aromatic carbocycles. The van der Waals surface area contributed by atoms with Crippen molar-refractivity contribution in [1.82, 2.24) is 0 Å². The zero-order valence-corrected chi connectivity index (χ0v) is 16.9. The lowest BCUT2D eigenvalue weighted by Crippen LogP contribution is -2.33. The summed E-state index contributed by atoms with van der Waals surface area (Å²) in [6.07, 6.45) is 0. The number of ether oxygens (including phenoxy) is 2. The molecule has 0 radical (unpaired) electrons. The molecule has 1 fully saturated rings. The maximum Gasteiger partial charge on any atom is 0.182 e. The zero-order chi connectivity index (χ0) is 19.7. The summed E-state index contributed by atoms with van der Waals surface area (Å²) in [7, 11) is -2.05. The summed E-state index contributed by atoms with van der Waals surface area (Å²) in [5, 5.41) is -0.759. The molecule has 5 nitrogen and oxygen atoms in total. The highest BCUT2D eigenvalue weighted by molar-refractivity contribution is 7.92. The van der Waals surface area contributed by atoms with Crippen LogP contribution in [0.4, 0.5) is 0 Å². The molecule has 2 aromatic rings. The largest absolute Gasteiger partial charge is 0.497 e. The number of rotatable bonds is 8. The summed E-state index contributed by atoms with van der Waals surface area (Å²) in [5.41, 5.74) is 6.02. The Balaban J connectivity index is 2.08. The molecule has 2 N–H and O–H groups in total. The van der Waals surface area contributed by atoms with Crippen LogP contribution in [0.25, 0.3) is 0 Å². The van der Waals surface area contributed by atoms with Gasteiger partial charge in [0.1, 0.15) is 5.75 Å². The summed E-state index contributed by atoms with van der Waals surface area (Å²) in [5.74, 6) is 0.338. The summed E-state index contributed by atoms with van der Waals surface area (Å²) in [6, 6.07) is 15.8. The molecule has 0 spiro atoms. The van der Waals surface area contributed by atoms with Gasteiger partial charge in [-0.3, -0.25) is 0 Å². The van der Waals surface area contributed by atoms with E-state index in [0.29, 0.717) is 12.4 Å². The molecule has 0 heterocycles. The Morgan fingerprint density at radius 2 is 1.78 bits per heavy atom. The molecular weight excluding hydrogens is 382 g/mol. The Morgan fingerprint density at radius 3 is 2.30 bits per heavy atom. The van der Waals surface area contributed by atoms with Gasteiger partial charge in [0, 0.05) is 12.5 Å². The molecule has 1 aliphatic rings. The molecule has 7 heteroatoms. The second-order valence-corrected chi connectivity index (χ2v) is 9.08. The summed E-state index contributed by atoms with van der Waals surface area (Å²) in [4.78, 5) is 0.435. The molecular formula is C20H23NO4S2. The Labute approximate surface area is 165 Å². The van der Waals surface area contributed by atoms with Crippen LogP contribution in [0.15, 0.2) is 59.5 Å². The number of hydrogen-bond donors (Lipinski definition) is 1. The van der Waals surface area contributed by atoms with Crippen molar-refractivity contribution in [2.45, 2.75) is 23.0 Å². The Morgan fingerprint density at radius 1 is 1.15 bits per heavy atom. The van der Waals surface area contributed by atoms with Gasteiger partial charge < -0.3 is 15.2 Å². The summed E-state index contributed by atoms with van der Waals surface area (Å²) < 4.78 is 37.6. The van der Waals surface area contributed by atoms with Crippen LogP contribution in [0.5, 0.6) is 5.75 Å². The third kappa shape index (κ3) is 3.35. The van der Waals surface area contributed by atoms with Gasteiger partial charge in [-0.15, -0.1) is 0 Å². The third-order valence-corrected chi connectivity index (χ3v) is 7.81. The first-order valence-corrected chi connectivity index (χ1v) is 10.7. The lowest BCUT2D eigenvalue weighted by atomic mass is 10.00. The number of sulfone groups is 1. The third-order valence-electron chi connectivity index (χ3n) is 5.14. The number of methoxy groups -OCH3 is 1. The lowest BCUT2D eigenvalue weighted by Gasteiger charge is -2.17. The molecule has 0 amide bonds. The highest BCUT2D eigenvalue weighted by atomic mass is 32.2. The average Bonchev–Trinajstić information content (AvgIpc) is 3.38. The Hall–Kier alpha value is -1.96. The van der Waals surface area contributed by atoms with E-state index in [2.05, 4.69) is 0 Å². The lowest BCUT2D eigenvalue weighted by molar-refractivity contribution is 0.121. The van der Waals surface area contributed by atoms with Crippen molar-refractivity contribution in [2.75, 3.05) is 20.3 Å². The maximum atomic E-state index is 13.4. The van der Waals surface area contributed by atoms with Crippen LogP contribution >= 0.6 is 12.2 Å². The molecule has 3 atom stereocenters. The maximum absolute atomic E-state index is 13.4. The van der Waals surface area contributed by atoms with E-state index in [1.165, 1.54) is 0 Å². The summed E-state index contributed by atoms with van der Waals surface area (Å²) >= 11 is 5.34. The van der Waals surface area contributed by atoms with E-state index in [0.717, 1.165) is 5.56 Å². The quantitative estimate of drug-likeness (QED) is 0.681. The molecule has 1 aliphatic carbocycles. The molecule has 3 rings (SSSR count). The van der Waals surface area contributed by atoms with E-state index in [1.807, 2.05) is 31.2 Å². The monoisotopic (exact) mass is 405 g/mol. The van der Waals surface area contributed by atoms with Gasteiger partial charge in [-0.2, -0.15) is 0 Å². The molecule has 0 aliphatic heterocycles. The molecule has 1 saturated carbocycles. The summed E-state index contributed by atoms with van der Waals surface area (Å²) in [6.45, 7) is 2.49. The molecule has 0 aromatic heterocycles. The highest BCUT2D eigenvalue weighted by Gasteiger charge is 2.73. The van der Waals surface area contributed by atoms with Gasteiger partial charge >= 0.3 is 0 Å². The van der Waals surface area contributed by atoms with E-state index in [-0.39, 0.29) is 22.4 Å². The fraction of sp³-hybridized carbons (Fsp3) is 0.350. The van der Waals surface area contributed by atoms with E-state index >= 15 is 0 Å². The molecule has 0 unspecified atom stereocenters. The molecule has 27 heavy (non-hydrogen) atoms. The smallest absolute Gasteiger partial charge is 0.182 e. The second kappa shape index (κ2) is 7.58. The Kier molecular flexibility index (Phi) is 5.55. The first-order valence-electron chi connectivity index (χ1n) is 8.70. The van der Waals surface area contributed by atoms with Gasteiger partial charge in [-0.05, 0) is 36.8 Å². The van der Waals surface area contributed by atoms with Crippen molar-refractivity contribution in [3.63, 3.8) is 0 Å². The van der Waals surface area contributed by atoms with Gasteiger partial charge in [-0.1, -0.05) is 42.5 Å². The number of hydrogen-bond acceptors (Lipinski definition) is 5.